The largest absolute Gasteiger partial charge is 0.300 e. The molecule has 1 aliphatic heterocycles. The van der Waals surface area contributed by atoms with Crippen LogP contribution in [0.1, 0.15) is 71.6 Å². The van der Waals surface area contributed by atoms with Crippen LogP contribution in [0.2, 0.25) is 0 Å². The highest BCUT2D eigenvalue weighted by Crippen LogP contribution is 2.23. The smallest absolute Gasteiger partial charge is 0.0486 e. The van der Waals surface area contributed by atoms with Gasteiger partial charge in [0.15, 0.2) is 0 Å². The minimum absolute atomic E-state index is 0.748. The minimum atomic E-state index is 0.748. The SMILES string of the molecule is CC(C)CC1CN(C2CCCCCCCC2)CN1. The maximum Gasteiger partial charge on any atom is 0.0486 e. The molecular formula is C16H32N2. The monoisotopic (exact) mass is 252 g/mol. The van der Waals surface area contributed by atoms with Crippen LogP contribution in [0.5, 0.6) is 0 Å². The Bertz CT molecular complexity index is 217. The van der Waals surface area contributed by atoms with Crippen LogP contribution in [-0.4, -0.2) is 30.2 Å². The van der Waals surface area contributed by atoms with E-state index in [1.165, 1.54) is 64.3 Å². The van der Waals surface area contributed by atoms with Gasteiger partial charge < -0.3 is 5.32 Å². The van der Waals surface area contributed by atoms with Gasteiger partial charge in [0.05, 0.1) is 0 Å². The van der Waals surface area contributed by atoms with Gasteiger partial charge in [0.2, 0.25) is 0 Å². The molecule has 0 aromatic rings. The summed E-state index contributed by atoms with van der Waals surface area (Å²) >= 11 is 0. The van der Waals surface area contributed by atoms with E-state index in [4.69, 9.17) is 0 Å². The molecular weight excluding hydrogens is 220 g/mol. The first-order chi connectivity index (χ1) is 8.75. The van der Waals surface area contributed by atoms with Crippen molar-refractivity contribution in [3.8, 4) is 0 Å². The molecule has 2 aliphatic rings. The summed E-state index contributed by atoms with van der Waals surface area (Å²) < 4.78 is 0. The van der Waals surface area contributed by atoms with Crippen molar-refractivity contribution in [3.05, 3.63) is 0 Å². The number of rotatable bonds is 3. The van der Waals surface area contributed by atoms with E-state index in [1.807, 2.05) is 0 Å². The molecule has 1 aliphatic carbocycles. The lowest BCUT2D eigenvalue weighted by Crippen LogP contribution is -2.34. The molecule has 1 heterocycles. The van der Waals surface area contributed by atoms with Crippen LogP contribution in [0.25, 0.3) is 0 Å². The molecule has 0 aromatic carbocycles. The maximum atomic E-state index is 3.71. The first-order valence-corrected chi connectivity index (χ1v) is 8.23. The predicted octanol–water partition coefficient (Wildman–Crippen LogP) is 3.77. The van der Waals surface area contributed by atoms with Crippen molar-refractivity contribution >= 4 is 0 Å². The summed E-state index contributed by atoms with van der Waals surface area (Å²) in [6.07, 6.45) is 13.0. The summed E-state index contributed by atoms with van der Waals surface area (Å²) in [6.45, 7) is 7.11. The van der Waals surface area contributed by atoms with Gasteiger partial charge in [-0.2, -0.15) is 0 Å². The predicted molar refractivity (Wildman–Crippen MR) is 78.7 cm³/mol. The van der Waals surface area contributed by atoms with Crippen molar-refractivity contribution < 1.29 is 0 Å². The highest BCUT2D eigenvalue weighted by Gasteiger charge is 2.27. The lowest BCUT2D eigenvalue weighted by Gasteiger charge is -2.27. The van der Waals surface area contributed by atoms with Crippen LogP contribution in [-0.2, 0) is 0 Å². The average molecular weight is 252 g/mol. The quantitative estimate of drug-likeness (QED) is 0.822. The van der Waals surface area contributed by atoms with Crippen LogP contribution in [0.15, 0.2) is 0 Å². The first-order valence-electron chi connectivity index (χ1n) is 8.23. The third-order valence-corrected chi connectivity index (χ3v) is 4.63. The van der Waals surface area contributed by atoms with Crippen LogP contribution in [0.3, 0.4) is 0 Å². The zero-order chi connectivity index (χ0) is 12.8. The molecule has 1 saturated carbocycles. The van der Waals surface area contributed by atoms with Gasteiger partial charge in [-0.3, -0.25) is 4.90 Å². The second-order valence-electron chi connectivity index (χ2n) is 6.81. The van der Waals surface area contributed by atoms with Crippen LogP contribution >= 0.6 is 0 Å². The molecule has 1 N–H and O–H groups in total. The lowest BCUT2D eigenvalue weighted by molar-refractivity contribution is 0.207. The minimum Gasteiger partial charge on any atom is -0.300 e. The molecule has 1 unspecified atom stereocenters. The molecule has 0 spiro atoms. The van der Waals surface area contributed by atoms with Crippen LogP contribution in [0.4, 0.5) is 0 Å². The summed E-state index contributed by atoms with van der Waals surface area (Å²) in [7, 11) is 0. The van der Waals surface area contributed by atoms with Gasteiger partial charge in [-0.05, 0) is 25.2 Å². The molecule has 0 aromatic heterocycles. The van der Waals surface area contributed by atoms with Gasteiger partial charge in [-0.15, -0.1) is 0 Å². The Morgan fingerprint density at radius 1 is 1.00 bits per heavy atom. The van der Waals surface area contributed by atoms with Gasteiger partial charge in [0, 0.05) is 25.3 Å². The fourth-order valence-electron chi connectivity index (χ4n) is 3.64. The molecule has 106 valence electrons. The third-order valence-electron chi connectivity index (χ3n) is 4.63. The molecule has 18 heavy (non-hydrogen) atoms. The Hall–Kier alpha value is -0.0800. The molecule has 1 atom stereocenters. The van der Waals surface area contributed by atoms with E-state index in [9.17, 15) is 0 Å². The summed E-state index contributed by atoms with van der Waals surface area (Å²) in [5.41, 5.74) is 0. The summed E-state index contributed by atoms with van der Waals surface area (Å²) in [6, 6.07) is 1.62. The second kappa shape index (κ2) is 7.49. The van der Waals surface area contributed by atoms with Gasteiger partial charge in [-0.1, -0.05) is 52.4 Å². The Balaban J connectivity index is 1.78. The standard InChI is InChI=1S/C16H32N2/c1-14(2)11-15-12-18(13-17-15)16-9-7-5-3-4-6-8-10-16/h14-17H,3-13H2,1-2H3. The molecule has 0 radical (unpaired) electrons. The Labute approximate surface area is 114 Å². The molecule has 2 rings (SSSR count). The van der Waals surface area contributed by atoms with E-state index in [2.05, 4.69) is 24.1 Å². The number of nitrogens with one attached hydrogen (secondary N) is 1. The van der Waals surface area contributed by atoms with Gasteiger partial charge in [0.25, 0.3) is 0 Å². The summed E-state index contributed by atoms with van der Waals surface area (Å²) in [4.78, 5) is 2.73. The summed E-state index contributed by atoms with van der Waals surface area (Å²) in [5.74, 6) is 0.822. The van der Waals surface area contributed by atoms with E-state index in [-0.39, 0.29) is 0 Å². The maximum absolute atomic E-state index is 3.71. The Kier molecular flexibility index (Phi) is 5.97. The highest BCUT2D eigenvalue weighted by atomic mass is 15.3. The Morgan fingerprint density at radius 2 is 1.61 bits per heavy atom. The molecule has 0 bridgehead atoms. The molecule has 0 amide bonds. The van der Waals surface area contributed by atoms with Crippen molar-refractivity contribution in [1.29, 1.82) is 0 Å². The van der Waals surface area contributed by atoms with Crippen LogP contribution in [0, 0.1) is 5.92 Å². The number of nitrogens with zero attached hydrogens (tertiary/aromatic N) is 1. The van der Waals surface area contributed by atoms with E-state index >= 15 is 0 Å². The molecule has 2 heteroatoms. The summed E-state index contributed by atoms with van der Waals surface area (Å²) in [5, 5.41) is 3.71. The topological polar surface area (TPSA) is 15.3 Å². The third kappa shape index (κ3) is 4.55. The second-order valence-corrected chi connectivity index (χ2v) is 6.81. The van der Waals surface area contributed by atoms with E-state index in [0.717, 1.165) is 24.7 Å². The zero-order valence-corrected chi connectivity index (χ0v) is 12.5. The highest BCUT2D eigenvalue weighted by molar-refractivity contribution is 4.84. The van der Waals surface area contributed by atoms with E-state index in [0.29, 0.717) is 0 Å². The van der Waals surface area contributed by atoms with Crippen molar-refractivity contribution in [3.63, 3.8) is 0 Å². The normalized spacial score (nSPS) is 29.2. The van der Waals surface area contributed by atoms with Gasteiger partial charge >= 0.3 is 0 Å². The average Bonchev–Trinajstić information content (AvgIpc) is 2.80. The fourth-order valence-corrected chi connectivity index (χ4v) is 3.64. The van der Waals surface area contributed by atoms with Crippen molar-refractivity contribution in [2.24, 2.45) is 5.92 Å². The van der Waals surface area contributed by atoms with E-state index < -0.39 is 0 Å². The molecule has 2 nitrogen and oxygen atoms in total. The van der Waals surface area contributed by atoms with Crippen molar-refractivity contribution in [1.82, 2.24) is 10.2 Å². The fraction of sp³-hybridized carbons (Fsp3) is 1.00. The van der Waals surface area contributed by atoms with Crippen molar-refractivity contribution in [2.45, 2.75) is 83.7 Å². The molecule has 1 saturated heterocycles. The molecule has 2 fully saturated rings. The lowest BCUT2D eigenvalue weighted by atomic mass is 10.0. The van der Waals surface area contributed by atoms with Gasteiger partial charge in [0.1, 0.15) is 0 Å². The first kappa shape index (κ1) is 14.3. The van der Waals surface area contributed by atoms with Crippen LogP contribution < -0.4 is 5.32 Å². The zero-order valence-electron chi connectivity index (χ0n) is 12.5. The Morgan fingerprint density at radius 3 is 2.22 bits per heavy atom. The van der Waals surface area contributed by atoms with Crippen molar-refractivity contribution in [2.75, 3.05) is 13.2 Å². The number of hydrogen-bond donors (Lipinski definition) is 1. The number of hydrogen-bond acceptors (Lipinski definition) is 2. The van der Waals surface area contributed by atoms with E-state index in [1.54, 1.807) is 0 Å². The van der Waals surface area contributed by atoms with Gasteiger partial charge in [-0.25, -0.2) is 0 Å².